The first kappa shape index (κ1) is 17.6. The van der Waals surface area contributed by atoms with Crippen LogP contribution < -0.4 is 40.0 Å². The molecular weight excluding hydrogens is 265 g/mol. The molecule has 94 valence electrons. The number of nitrogens with one attached hydrogen (secondary N) is 1. The van der Waals surface area contributed by atoms with Gasteiger partial charge in [-0.3, -0.25) is 0 Å². The molecule has 1 aromatic rings. The Hall–Kier alpha value is -0.400. The fourth-order valence-electron chi connectivity index (χ4n) is 1.37. The van der Waals surface area contributed by atoms with E-state index in [-0.39, 0.29) is 46.8 Å². The molecule has 0 aliphatic carbocycles. The fraction of sp³-hybridized carbons (Fsp3) is 0.364. The molecule has 1 aromatic carbocycles. The van der Waals surface area contributed by atoms with Crippen molar-refractivity contribution in [2.45, 2.75) is 12.5 Å². The van der Waals surface area contributed by atoms with Crippen molar-refractivity contribution in [2.75, 3.05) is 12.3 Å². The van der Waals surface area contributed by atoms with E-state index in [1.54, 1.807) is 6.07 Å². The average molecular weight is 279 g/mol. The standard InChI is InChI=1S/C11H15NO4S.Na/c13-8-2-1-7(10(14)5-8)3-4-12-9(6-17)11(15)16;/h1-2,5,9,12-14,17H,3-4,6H2,(H,15,16);/q;+1/p-1/t9-;/m0./s1. The number of aliphatic carboxylic acids is 1. The largest absolute Gasteiger partial charge is 1.00 e. The molecule has 1 rings (SSSR count). The Labute approximate surface area is 133 Å². The van der Waals surface area contributed by atoms with Gasteiger partial charge in [0, 0.05) is 11.8 Å². The molecule has 0 heterocycles. The summed E-state index contributed by atoms with van der Waals surface area (Å²) in [6.07, 6.45) is 0.448. The zero-order chi connectivity index (χ0) is 12.8. The first-order chi connectivity index (χ1) is 8.04. The summed E-state index contributed by atoms with van der Waals surface area (Å²) in [5.41, 5.74) is 0.631. The molecule has 1 atom stereocenters. The topological polar surface area (TPSA) is 92.6 Å². The summed E-state index contributed by atoms with van der Waals surface area (Å²) in [6.45, 7) is 0.373. The van der Waals surface area contributed by atoms with Crippen molar-refractivity contribution in [1.29, 1.82) is 0 Å². The fourth-order valence-corrected chi connectivity index (χ4v) is 1.65. The molecule has 0 radical (unpaired) electrons. The summed E-state index contributed by atoms with van der Waals surface area (Å²) in [4.78, 5) is 10.6. The second-order valence-corrected chi connectivity index (χ2v) is 3.94. The molecule has 5 nitrogen and oxygen atoms in total. The van der Waals surface area contributed by atoms with E-state index in [1.807, 2.05) is 0 Å². The van der Waals surface area contributed by atoms with Crippen molar-refractivity contribution in [3.05, 3.63) is 23.8 Å². The Kier molecular flexibility index (Phi) is 8.47. The Bertz CT molecular complexity index is 403. The van der Waals surface area contributed by atoms with Crippen LogP contribution in [0.3, 0.4) is 0 Å². The van der Waals surface area contributed by atoms with Gasteiger partial charge in [0.2, 0.25) is 0 Å². The summed E-state index contributed by atoms with van der Waals surface area (Å²) < 4.78 is 0. The van der Waals surface area contributed by atoms with Gasteiger partial charge in [-0.2, -0.15) is 12.6 Å². The normalized spacial score (nSPS) is 11.6. The Morgan fingerprint density at radius 3 is 2.61 bits per heavy atom. The number of phenols is 2. The number of carboxylic acids is 1. The maximum absolute atomic E-state index is 10.6. The van der Waals surface area contributed by atoms with Crippen LogP contribution in [0.25, 0.3) is 0 Å². The third kappa shape index (κ3) is 5.49. The molecule has 0 saturated carbocycles. The van der Waals surface area contributed by atoms with Gasteiger partial charge in [-0.05, 0) is 24.6 Å². The van der Waals surface area contributed by atoms with Crippen LogP contribution >= 0.6 is 12.6 Å². The van der Waals surface area contributed by atoms with Gasteiger partial charge in [0.15, 0.2) is 0 Å². The Morgan fingerprint density at radius 1 is 1.44 bits per heavy atom. The van der Waals surface area contributed by atoms with Crippen LogP contribution in [0.2, 0.25) is 0 Å². The van der Waals surface area contributed by atoms with E-state index in [0.717, 1.165) is 0 Å². The summed E-state index contributed by atoms with van der Waals surface area (Å²) >= 11 is 3.88. The Morgan fingerprint density at radius 2 is 2.11 bits per heavy atom. The smallest absolute Gasteiger partial charge is 0.548 e. The van der Waals surface area contributed by atoms with E-state index in [4.69, 9.17) is 5.11 Å². The quantitative estimate of drug-likeness (QED) is 0.317. The third-order valence-corrected chi connectivity index (χ3v) is 2.69. The van der Waals surface area contributed by atoms with Crippen molar-refractivity contribution in [3.63, 3.8) is 0 Å². The van der Waals surface area contributed by atoms with E-state index in [9.17, 15) is 15.0 Å². The number of rotatable bonds is 6. The van der Waals surface area contributed by atoms with Crippen molar-refractivity contribution >= 4 is 18.6 Å². The van der Waals surface area contributed by atoms with E-state index >= 15 is 0 Å². The molecule has 0 saturated heterocycles. The molecule has 0 spiro atoms. The SMILES string of the molecule is O=C([O-])[C@H](CS)NCCc1ccc(O)cc1O.[Na+]. The van der Waals surface area contributed by atoms with Gasteiger partial charge in [-0.1, -0.05) is 6.07 Å². The van der Waals surface area contributed by atoms with Crippen molar-refractivity contribution in [1.82, 2.24) is 5.32 Å². The minimum absolute atomic E-state index is 0. The molecule has 3 N–H and O–H groups in total. The van der Waals surface area contributed by atoms with Gasteiger partial charge in [0.05, 0.1) is 12.0 Å². The van der Waals surface area contributed by atoms with Crippen molar-refractivity contribution in [3.8, 4) is 11.5 Å². The molecule has 0 aromatic heterocycles. The van der Waals surface area contributed by atoms with Gasteiger partial charge in [0.1, 0.15) is 11.5 Å². The van der Waals surface area contributed by atoms with Crippen LogP contribution in [0.5, 0.6) is 11.5 Å². The zero-order valence-electron chi connectivity index (χ0n) is 10.1. The molecule has 0 amide bonds. The van der Waals surface area contributed by atoms with E-state index < -0.39 is 12.0 Å². The first-order valence-electron chi connectivity index (χ1n) is 5.10. The number of phenolic OH excluding ortho intramolecular Hbond substituents is 2. The summed E-state index contributed by atoms with van der Waals surface area (Å²) in [7, 11) is 0. The average Bonchev–Trinajstić information content (AvgIpc) is 2.26. The number of benzene rings is 1. The molecule has 7 heteroatoms. The van der Waals surface area contributed by atoms with Gasteiger partial charge in [-0.15, -0.1) is 0 Å². The minimum Gasteiger partial charge on any atom is -0.548 e. The van der Waals surface area contributed by atoms with Gasteiger partial charge < -0.3 is 25.4 Å². The summed E-state index contributed by atoms with van der Waals surface area (Å²) in [5.74, 6) is -1.08. The number of carbonyl (C=O) groups excluding carboxylic acids is 1. The molecule has 0 aliphatic rings. The van der Waals surface area contributed by atoms with Crippen LogP contribution in [-0.4, -0.2) is 34.5 Å². The number of hydrogen-bond donors (Lipinski definition) is 4. The van der Waals surface area contributed by atoms with Crippen molar-refractivity contribution < 1.29 is 49.7 Å². The van der Waals surface area contributed by atoms with E-state index in [0.29, 0.717) is 18.5 Å². The maximum atomic E-state index is 10.6. The monoisotopic (exact) mass is 279 g/mol. The van der Waals surface area contributed by atoms with Gasteiger partial charge >= 0.3 is 29.6 Å². The zero-order valence-corrected chi connectivity index (χ0v) is 13.0. The molecule has 18 heavy (non-hydrogen) atoms. The van der Waals surface area contributed by atoms with Crippen molar-refractivity contribution in [2.24, 2.45) is 0 Å². The molecule has 0 bridgehead atoms. The molecule has 0 aliphatic heterocycles. The number of carboxylic acid groups (broad SMARTS) is 1. The van der Waals surface area contributed by atoms with Crippen LogP contribution in [0, 0.1) is 0 Å². The summed E-state index contributed by atoms with van der Waals surface area (Å²) in [6, 6.07) is 3.48. The van der Waals surface area contributed by atoms with Gasteiger partial charge in [0.25, 0.3) is 0 Å². The molecular formula is C11H14NNaO4S. The van der Waals surface area contributed by atoms with Crippen LogP contribution in [-0.2, 0) is 11.2 Å². The van der Waals surface area contributed by atoms with Crippen LogP contribution in [0.15, 0.2) is 18.2 Å². The summed E-state index contributed by atoms with van der Waals surface area (Å²) in [5, 5.41) is 31.9. The second-order valence-electron chi connectivity index (χ2n) is 3.57. The third-order valence-electron chi connectivity index (χ3n) is 2.32. The predicted molar refractivity (Wildman–Crippen MR) is 64.1 cm³/mol. The number of aromatic hydroxyl groups is 2. The van der Waals surface area contributed by atoms with Crippen LogP contribution in [0.4, 0.5) is 0 Å². The minimum atomic E-state index is -1.20. The van der Waals surface area contributed by atoms with E-state index in [1.165, 1.54) is 12.1 Å². The van der Waals surface area contributed by atoms with Gasteiger partial charge in [-0.25, -0.2) is 0 Å². The van der Waals surface area contributed by atoms with E-state index in [2.05, 4.69) is 17.9 Å². The Balaban J connectivity index is 0.00000289. The number of carbonyl (C=O) groups is 1. The molecule has 0 fully saturated rings. The maximum Gasteiger partial charge on any atom is 1.00 e. The second kappa shape index (κ2) is 8.66. The van der Waals surface area contributed by atoms with Crippen LogP contribution in [0.1, 0.15) is 5.56 Å². The predicted octanol–water partition coefficient (Wildman–Crippen LogP) is -3.72. The molecule has 0 unspecified atom stereocenters. The first-order valence-corrected chi connectivity index (χ1v) is 5.73. The number of thiol groups is 1. The number of hydrogen-bond acceptors (Lipinski definition) is 6.